The Morgan fingerprint density at radius 2 is 1.75 bits per heavy atom. The molecular weight excluding hydrogens is 263 g/mol. The molecule has 0 saturated heterocycles. The summed E-state index contributed by atoms with van der Waals surface area (Å²) in [6.07, 6.45) is 7.73. The molecule has 0 heterocycles. The van der Waals surface area contributed by atoms with E-state index in [4.69, 9.17) is 11.6 Å². The van der Waals surface area contributed by atoms with Crippen LogP contribution in [0.4, 0.5) is 0 Å². The second-order valence-electron chi connectivity index (χ2n) is 3.00. The molecule has 0 aromatic heterocycles. The first-order valence-electron chi connectivity index (χ1n) is 4.82. The zero-order chi connectivity index (χ0) is 10.9. The van der Waals surface area contributed by atoms with E-state index in [1.807, 2.05) is 42.5 Å². The molecule has 0 N–H and O–H groups in total. The molecule has 1 aromatic rings. The van der Waals surface area contributed by atoms with Gasteiger partial charge in [-0.3, -0.25) is 0 Å². The fourth-order valence-electron chi connectivity index (χ4n) is 1.11. The summed E-state index contributed by atoms with van der Waals surface area (Å²) in [5.74, 6) is 0.532. The third-order valence-electron chi connectivity index (χ3n) is 1.86. The number of halogens is 1. The molecule has 0 radical (unpaired) electrons. The summed E-state index contributed by atoms with van der Waals surface area (Å²) < 4.78 is 0. The first-order chi connectivity index (χ1) is 7.34. The van der Waals surface area contributed by atoms with Crippen LogP contribution in [0.5, 0.6) is 0 Å². The van der Waals surface area contributed by atoms with Gasteiger partial charge in [0, 0.05) is 5.88 Å². The van der Waals surface area contributed by atoms with Gasteiger partial charge in [0.05, 0.1) is 0 Å². The molecule has 0 unspecified atom stereocenters. The van der Waals surface area contributed by atoms with Gasteiger partial charge in [0.1, 0.15) is 0 Å². The van der Waals surface area contributed by atoms with Crippen LogP contribution < -0.4 is 5.11 Å². The van der Waals surface area contributed by atoms with Crippen molar-refractivity contribution < 1.29 is 22.2 Å². The fourth-order valence-corrected chi connectivity index (χ4v) is 1.28. The maximum Gasteiger partial charge on any atom is 2.00 e. The fraction of sp³-hybridized carbons (Fsp3) is 0.154. The van der Waals surface area contributed by atoms with Gasteiger partial charge in [0.2, 0.25) is 0 Å². The van der Waals surface area contributed by atoms with Gasteiger partial charge >= 0.3 is 17.1 Å². The van der Waals surface area contributed by atoms with Crippen molar-refractivity contribution in [2.45, 2.75) is 6.42 Å². The van der Waals surface area contributed by atoms with Crippen molar-refractivity contribution in [3.63, 3.8) is 0 Å². The third-order valence-corrected chi connectivity index (χ3v) is 2.05. The summed E-state index contributed by atoms with van der Waals surface area (Å²) in [7, 11) is 0. The number of hydrogen-bond donors (Lipinski definition) is 0. The quantitative estimate of drug-likeness (QED) is 0.352. The molecular formula is C13H13ClFeO. The Balaban J connectivity index is 0.000000318. The molecule has 1 aliphatic rings. The maximum absolute atomic E-state index is 11.0. The zero-order valence-corrected chi connectivity index (χ0v) is 10.6. The van der Waals surface area contributed by atoms with E-state index < -0.39 is 0 Å². The minimum Gasteiger partial charge on any atom is -0.875 e. The monoisotopic (exact) mass is 276 g/mol. The van der Waals surface area contributed by atoms with Gasteiger partial charge in [-0.2, -0.15) is 18.2 Å². The third kappa shape index (κ3) is 5.92. The van der Waals surface area contributed by atoms with Crippen LogP contribution in [0.25, 0.3) is 0 Å². The van der Waals surface area contributed by atoms with Gasteiger partial charge < -0.3 is 5.11 Å². The smallest absolute Gasteiger partial charge is 0.875 e. The summed E-state index contributed by atoms with van der Waals surface area (Å²) in [5.41, 5.74) is 0.764. The van der Waals surface area contributed by atoms with Gasteiger partial charge in [0.15, 0.2) is 0 Å². The Labute approximate surface area is 112 Å². The van der Waals surface area contributed by atoms with Gasteiger partial charge in [-0.05, 0) is 12.0 Å². The Morgan fingerprint density at radius 3 is 2.12 bits per heavy atom. The van der Waals surface area contributed by atoms with Crippen molar-refractivity contribution in [3.05, 3.63) is 66.0 Å². The topological polar surface area (TPSA) is 23.1 Å². The average molecular weight is 277 g/mol. The van der Waals surface area contributed by atoms with Crippen LogP contribution >= 0.6 is 11.6 Å². The molecule has 0 spiro atoms. The van der Waals surface area contributed by atoms with E-state index in [2.05, 4.69) is 0 Å². The molecule has 1 aliphatic carbocycles. The van der Waals surface area contributed by atoms with Crippen LogP contribution in [0.1, 0.15) is 6.42 Å². The Morgan fingerprint density at radius 1 is 1.19 bits per heavy atom. The molecule has 0 aliphatic heterocycles. The van der Waals surface area contributed by atoms with E-state index >= 15 is 0 Å². The molecule has 2 rings (SSSR count). The van der Waals surface area contributed by atoms with Crippen LogP contribution in [-0.2, 0) is 17.1 Å². The zero-order valence-electron chi connectivity index (χ0n) is 8.75. The molecule has 1 nitrogen and oxygen atoms in total. The van der Waals surface area contributed by atoms with Gasteiger partial charge in [0.25, 0.3) is 0 Å². The summed E-state index contributed by atoms with van der Waals surface area (Å²) in [5, 5.41) is 11.0. The van der Waals surface area contributed by atoms with E-state index in [9.17, 15) is 5.11 Å². The SMILES string of the molecule is [Fe+2].[O-]C(CCCl)=C1C=CC=C1.c1cc[cH-]c1. The van der Waals surface area contributed by atoms with Crippen molar-refractivity contribution in [1.29, 1.82) is 0 Å². The number of allylic oxidation sites excluding steroid dienone is 6. The molecule has 0 saturated carbocycles. The summed E-state index contributed by atoms with van der Waals surface area (Å²) in [4.78, 5) is 0. The largest absolute Gasteiger partial charge is 2.00 e. The molecule has 0 bridgehead atoms. The predicted molar refractivity (Wildman–Crippen MR) is 62.7 cm³/mol. The van der Waals surface area contributed by atoms with Crippen LogP contribution in [0, 0.1) is 0 Å². The molecule has 1 aromatic carbocycles. The minimum absolute atomic E-state index is 0. The summed E-state index contributed by atoms with van der Waals surface area (Å²) >= 11 is 5.39. The van der Waals surface area contributed by atoms with E-state index in [1.54, 1.807) is 12.2 Å². The normalized spacial score (nSPS) is 11.7. The van der Waals surface area contributed by atoms with E-state index in [1.165, 1.54) is 0 Å². The predicted octanol–water partition coefficient (Wildman–Crippen LogP) is 2.76. The molecule has 0 atom stereocenters. The van der Waals surface area contributed by atoms with Crippen LogP contribution in [0.3, 0.4) is 0 Å². The van der Waals surface area contributed by atoms with Gasteiger partial charge in [-0.25, -0.2) is 12.1 Å². The van der Waals surface area contributed by atoms with Crippen LogP contribution in [0.2, 0.25) is 0 Å². The second-order valence-corrected chi connectivity index (χ2v) is 3.38. The molecule has 0 fully saturated rings. The number of alkyl halides is 1. The maximum atomic E-state index is 11.0. The van der Waals surface area contributed by atoms with Crippen LogP contribution in [-0.4, -0.2) is 5.88 Å². The number of rotatable bonds is 2. The van der Waals surface area contributed by atoms with Crippen LogP contribution in [0.15, 0.2) is 66.0 Å². The van der Waals surface area contributed by atoms with E-state index in [0.717, 1.165) is 5.57 Å². The molecule has 86 valence electrons. The van der Waals surface area contributed by atoms with E-state index in [0.29, 0.717) is 12.3 Å². The minimum atomic E-state index is 0. The van der Waals surface area contributed by atoms with Crippen molar-refractivity contribution >= 4 is 11.6 Å². The van der Waals surface area contributed by atoms with Crippen molar-refractivity contribution in [1.82, 2.24) is 0 Å². The first-order valence-corrected chi connectivity index (χ1v) is 5.35. The Bertz CT molecular complexity index is 319. The Hall–Kier alpha value is -0.821. The second kappa shape index (κ2) is 9.41. The standard InChI is InChI=1S/C8H9ClO.C5H5.Fe/c9-6-5-8(10)7-3-1-2-4-7;1-2-4-5-3-1;/h1-4,10H,5-6H2;1-5H;/q;-1;+2/p-1. The van der Waals surface area contributed by atoms with Gasteiger partial charge in [-0.1, -0.05) is 24.3 Å². The van der Waals surface area contributed by atoms with Crippen molar-refractivity contribution in [2.75, 3.05) is 5.88 Å². The summed E-state index contributed by atoms with van der Waals surface area (Å²) in [6, 6.07) is 10.0. The Kier molecular flexibility index (Phi) is 8.93. The molecule has 0 amide bonds. The van der Waals surface area contributed by atoms with Crippen molar-refractivity contribution in [3.8, 4) is 0 Å². The molecule has 3 heteroatoms. The molecule has 16 heavy (non-hydrogen) atoms. The van der Waals surface area contributed by atoms with Gasteiger partial charge in [-0.15, -0.1) is 17.4 Å². The van der Waals surface area contributed by atoms with E-state index in [-0.39, 0.29) is 22.8 Å². The van der Waals surface area contributed by atoms with Crippen molar-refractivity contribution in [2.24, 2.45) is 0 Å². The average Bonchev–Trinajstić information content (AvgIpc) is 2.95. The number of hydrogen-bond acceptors (Lipinski definition) is 1. The summed E-state index contributed by atoms with van der Waals surface area (Å²) in [6.45, 7) is 0. The first kappa shape index (κ1) is 15.2.